The number of nitrogens with zero attached hydrogens (tertiary/aromatic N) is 2. The quantitative estimate of drug-likeness (QED) is 0.474. The van der Waals surface area contributed by atoms with Crippen LogP contribution in [0.1, 0.15) is 11.1 Å². The number of hydrogen-bond acceptors (Lipinski definition) is 4. The summed E-state index contributed by atoms with van der Waals surface area (Å²) in [6, 6.07) is 14.5. The van der Waals surface area contributed by atoms with Gasteiger partial charge in [0.2, 0.25) is 10.0 Å². The number of aryl methyl sites for hydroxylation is 1. The molecule has 0 spiro atoms. The molecule has 29 heavy (non-hydrogen) atoms. The van der Waals surface area contributed by atoms with Crippen molar-refractivity contribution in [3.63, 3.8) is 0 Å². The highest BCUT2D eigenvalue weighted by Gasteiger charge is 2.31. The van der Waals surface area contributed by atoms with E-state index in [1.54, 1.807) is 30.5 Å². The van der Waals surface area contributed by atoms with E-state index in [0.29, 0.717) is 26.2 Å². The number of carbonyl (C=O) groups is 1. The van der Waals surface area contributed by atoms with Crippen LogP contribution in [0, 0.1) is 6.92 Å². The van der Waals surface area contributed by atoms with Crippen molar-refractivity contribution in [3.05, 3.63) is 64.1 Å². The highest BCUT2D eigenvalue weighted by atomic mass is 79.9. The lowest BCUT2D eigenvalue weighted by Crippen LogP contribution is -3.15. The maximum absolute atomic E-state index is 12.7. The van der Waals surface area contributed by atoms with E-state index in [9.17, 15) is 13.2 Å². The fourth-order valence-corrected chi connectivity index (χ4v) is 4.88. The Kier molecular flexibility index (Phi) is 7.18. The number of hydrazone groups is 1. The van der Waals surface area contributed by atoms with Crippen LogP contribution in [-0.4, -0.2) is 57.6 Å². The molecule has 1 fully saturated rings. The number of piperazine rings is 1. The lowest BCUT2D eigenvalue weighted by molar-refractivity contribution is -0.895. The van der Waals surface area contributed by atoms with Crippen molar-refractivity contribution in [1.82, 2.24) is 9.73 Å². The van der Waals surface area contributed by atoms with Gasteiger partial charge in [0.1, 0.15) is 0 Å². The van der Waals surface area contributed by atoms with E-state index in [2.05, 4.69) is 26.5 Å². The van der Waals surface area contributed by atoms with Gasteiger partial charge in [0, 0.05) is 4.47 Å². The van der Waals surface area contributed by atoms with Crippen LogP contribution in [0.25, 0.3) is 0 Å². The van der Waals surface area contributed by atoms with Crippen LogP contribution >= 0.6 is 15.9 Å². The van der Waals surface area contributed by atoms with Crippen LogP contribution in [0.4, 0.5) is 0 Å². The smallest absolute Gasteiger partial charge is 0.295 e. The average molecular weight is 480 g/mol. The molecule has 0 saturated carbocycles. The lowest BCUT2D eigenvalue weighted by atomic mass is 10.2. The lowest BCUT2D eigenvalue weighted by Gasteiger charge is -2.31. The Balaban J connectivity index is 1.48. The summed E-state index contributed by atoms with van der Waals surface area (Å²) in [5.74, 6) is -0.187. The van der Waals surface area contributed by atoms with Crippen molar-refractivity contribution in [2.45, 2.75) is 11.8 Å². The molecule has 0 bridgehead atoms. The zero-order chi connectivity index (χ0) is 20.9. The second kappa shape index (κ2) is 9.62. The molecule has 0 aromatic heterocycles. The number of sulfonamides is 1. The first-order chi connectivity index (χ1) is 13.8. The molecule has 1 aliphatic heterocycles. The maximum atomic E-state index is 12.7. The van der Waals surface area contributed by atoms with Gasteiger partial charge in [-0.05, 0) is 36.8 Å². The molecule has 0 aliphatic carbocycles. The van der Waals surface area contributed by atoms with Crippen molar-refractivity contribution < 1.29 is 18.1 Å². The fraction of sp³-hybridized carbons (Fsp3) is 0.300. The molecule has 0 unspecified atom stereocenters. The van der Waals surface area contributed by atoms with Gasteiger partial charge in [-0.1, -0.05) is 45.8 Å². The van der Waals surface area contributed by atoms with E-state index in [0.717, 1.165) is 20.5 Å². The molecule has 1 saturated heterocycles. The van der Waals surface area contributed by atoms with Gasteiger partial charge < -0.3 is 4.90 Å². The molecule has 9 heteroatoms. The largest absolute Gasteiger partial charge is 0.325 e. The minimum Gasteiger partial charge on any atom is -0.325 e. The van der Waals surface area contributed by atoms with E-state index in [4.69, 9.17) is 0 Å². The highest BCUT2D eigenvalue weighted by Crippen LogP contribution is 2.18. The first-order valence-corrected chi connectivity index (χ1v) is 11.6. The molecule has 0 atom stereocenters. The van der Waals surface area contributed by atoms with Crippen molar-refractivity contribution in [1.29, 1.82) is 0 Å². The number of benzene rings is 2. The van der Waals surface area contributed by atoms with Gasteiger partial charge in [0.15, 0.2) is 6.54 Å². The van der Waals surface area contributed by atoms with Gasteiger partial charge in [-0.3, -0.25) is 4.79 Å². The van der Waals surface area contributed by atoms with Crippen LogP contribution in [0.3, 0.4) is 0 Å². The Hall–Kier alpha value is -2.07. The predicted octanol–water partition coefficient (Wildman–Crippen LogP) is 0.797. The second-order valence-electron chi connectivity index (χ2n) is 6.99. The molecule has 1 aliphatic rings. The number of hydrogen-bond donors (Lipinski definition) is 2. The molecular formula is C20H24BrN4O3S+. The fourth-order valence-electron chi connectivity index (χ4n) is 3.17. The van der Waals surface area contributed by atoms with Gasteiger partial charge in [-0.15, -0.1) is 0 Å². The molecule has 2 aromatic carbocycles. The van der Waals surface area contributed by atoms with Crippen molar-refractivity contribution in [3.8, 4) is 0 Å². The molecule has 2 N–H and O–H groups in total. The van der Waals surface area contributed by atoms with Crippen LogP contribution < -0.4 is 10.3 Å². The Labute approximate surface area is 179 Å². The summed E-state index contributed by atoms with van der Waals surface area (Å²) < 4.78 is 27.8. The molecule has 7 nitrogen and oxygen atoms in total. The van der Waals surface area contributed by atoms with E-state index >= 15 is 0 Å². The Morgan fingerprint density at radius 1 is 1.21 bits per heavy atom. The standard InChI is InChI=1S/C20H23BrN4O3S/c1-16-3-2-4-17(13-16)14-22-23-20(26)15-24-9-11-25(12-10-24)29(27,28)19-7-5-18(21)6-8-19/h2-8,13-14H,9-12,15H2,1H3,(H,23,26)/p+1/b22-14+. The molecule has 3 rings (SSSR count). The molecule has 1 heterocycles. The normalized spacial score (nSPS) is 16.2. The maximum Gasteiger partial charge on any atom is 0.295 e. The van der Waals surface area contributed by atoms with E-state index in [-0.39, 0.29) is 17.3 Å². The van der Waals surface area contributed by atoms with Crippen LogP contribution in [-0.2, 0) is 14.8 Å². The van der Waals surface area contributed by atoms with E-state index in [1.807, 2.05) is 31.2 Å². The molecule has 0 radical (unpaired) electrons. The van der Waals surface area contributed by atoms with Crippen molar-refractivity contribution in [2.75, 3.05) is 32.7 Å². The zero-order valence-electron chi connectivity index (χ0n) is 16.1. The monoisotopic (exact) mass is 479 g/mol. The van der Waals surface area contributed by atoms with Crippen LogP contribution in [0.5, 0.6) is 0 Å². The van der Waals surface area contributed by atoms with Gasteiger partial charge in [0.05, 0.1) is 37.3 Å². The third-order valence-electron chi connectivity index (χ3n) is 4.74. The highest BCUT2D eigenvalue weighted by molar-refractivity contribution is 9.10. The Bertz CT molecular complexity index is 985. The number of nitrogens with one attached hydrogen (secondary N) is 2. The van der Waals surface area contributed by atoms with Crippen molar-refractivity contribution in [2.24, 2.45) is 5.10 Å². The minimum atomic E-state index is -3.50. The Morgan fingerprint density at radius 2 is 1.90 bits per heavy atom. The summed E-state index contributed by atoms with van der Waals surface area (Å²) in [7, 11) is -3.50. The second-order valence-corrected chi connectivity index (χ2v) is 9.85. The summed E-state index contributed by atoms with van der Waals surface area (Å²) in [6.45, 7) is 4.17. The van der Waals surface area contributed by atoms with Gasteiger partial charge in [-0.2, -0.15) is 9.41 Å². The summed E-state index contributed by atoms with van der Waals surface area (Å²) in [5.41, 5.74) is 4.59. The molecular weight excluding hydrogens is 456 g/mol. The van der Waals surface area contributed by atoms with E-state index in [1.165, 1.54) is 4.31 Å². The predicted molar refractivity (Wildman–Crippen MR) is 115 cm³/mol. The minimum absolute atomic E-state index is 0.187. The summed E-state index contributed by atoms with van der Waals surface area (Å²) in [6.07, 6.45) is 1.61. The van der Waals surface area contributed by atoms with Crippen LogP contribution in [0.2, 0.25) is 0 Å². The number of carbonyl (C=O) groups excluding carboxylic acids is 1. The number of halogens is 1. The molecule has 154 valence electrons. The third kappa shape index (κ3) is 5.96. The number of rotatable bonds is 6. The number of amides is 1. The summed E-state index contributed by atoms with van der Waals surface area (Å²) >= 11 is 3.31. The van der Waals surface area contributed by atoms with Gasteiger partial charge in [0.25, 0.3) is 5.91 Å². The first kappa shape index (κ1) is 21.6. The van der Waals surface area contributed by atoms with Crippen molar-refractivity contribution >= 4 is 38.1 Å². The first-order valence-electron chi connectivity index (χ1n) is 9.32. The van der Waals surface area contributed by atoms with E-state index < -0.39 is 10.0 Å². The SMILES string of the molecule is Cc1cccc(/C=N/NC(=O)C[NH+]2CCN(S(=O)(=O)c3ccc(Br)cc3)CC2)c1. The molecule has 2 aromatic rings. The van der Waals surface area contributed by atoms with Gasteiger partial charge in [-0.25, -0.2) is 13.8 Å². The van der Waals surface area contributed by atoms with Crippen LogP contribution in [0.15, 0.2) is 63.0 Å². The van der Waals surface area contributed by atoms with Gasteiger partial charge >= 0.3 is 0 Å². The Morgan fingerprint density at radius 3 is 2.55 bits per heavy atom. The number of quaternary nitrogens is 1. The zero-order valence-corrected chi connectivity index (χ0v) is 18.5. The molecule has 1 amide bonds. The topological polar surface area (TPSA) is 83.3 Å². The average Bonchev–Trinajstić information content (AvgIpc) is 2.69. The third-order valence-corrected chi connectivity index (χ3v) is 7.18. The summed E-state index contributed by atoms with van der Waals surface area (Å²) in [5, 5.41) is 4.00. The summed E-state index contributed by atoms with van der Waals surface area (Å²) in [4.78, 5) is 13.4.